The molecule has 1 saturated heterocycles. The van der Waals surface area contributed by atoms with E-state index in [9.17, 15) is 0 Å². The van der Waals surface area contributed by atoms with E-state index in [1.54, 1.807) is 0 Å². The summed E-state index contributed by atoms with van der Waals surface area (Å²) in [5.74, 6) is 1.50. The third-order valence-electron chi connectivity index (χ3n) is 3.61. The molecule has 3 heterocycles. The van der Waals surface area contributed by atoms with Gasteiger partial charge in [0.05, 0.1) is 0 Å². The maximum atomic E-state index is 4.46. The summed E-state index contributed by atoms with van der Waals surface area (Å²) in [6, 6.07) is 2.02. The highest BCUT2D eigenvalue weighted by Gasteiger charge is 2.17. The number of nitrogens with zero attached hydrogens (tertiary/aromatic N) is 3. The molecule has 1 aliphatic rings. The first-order valence-corrected chi connectivity index (χ1v) is 6.70. The Bertz CT molecular complexity index is 499. The Balaban J connectivity index is 1.67. The molecule has 0 bridgehead atoms. The van der Waals surface area contributed by atoms with E-state index in [0.717, 1.165) is 36.7 Å². The molecule has 5 heteroatoms. The first-order valence-electron chi connectivity index (χ1n) is 6.70. The molecule has 5 nitrogen and oxygen atoms in total. The Hall–Kier alpha value is -1.88. The summed E-state index contributed by atoms with van der Waals surface area (Å²) < 4.78 is 0. The minimum absolute atomic E-state index is 0.706. The quantitative estimate of drug-likeness (QED) is 0.872. The van der Waals surface area contributed by atoms with Crippen LogP contribution in [0, 0.1) is 5.92 Å². The van der Waals surface area contributed by atoms with Crippen LogP contribution in [0.15, 0.2) is 30.9 Å². The average Bonchev–Trinajstić information content (AvgIpc) is 3.12. The first kappa shape index (κ1) is 12.2. The lowest BCUT2D eigenvalue weighted by Gasteiger charge is -2.20. The molecule has 0 spiro atoms. The van der Waals surface area contributed by atoms with Crippen molar-refractivity contribution in [2.24, 2.45) is 5.92 Å². The van der Waals surface area contributed by atoms with Gasteiger partial charge in [-0.3, -0.25) is 0 Å². The van der Waals surface area contributed by atoms with Gasteiger partial charge in [-0.1, -0.05) is 0 Å². The number of anilines is 1. The maximum absolute atomic E-state index is 4.46. The van der Waals surface area contributed by atoms with Gasteiger partial charge in [0.15, 0.2) is 0 Å². The Morgan fingerprint density at radius 2 is 2.16 bits per heavy atom. The van der Waals surface area contributed by atoms with Gasteiger partial charge in [0.2, 0.25) is 5.95 Å². The van der Waals surface area contributed by atoms with Gasteiger partial charge in [0.1, 0.15) is 0 Å². The summed E-state index contributed by atoms with van der Waals surface area (Å²) in [4.78, 5) is 14.1. The maximum Gasteiger partial charge on any atom is 0.225 e. The van der Waals surface area contributed by atoms with Crippen LogP contribution in [-0.2, 0) is 0 Å². The Morgan fingerprint density at radius 1 is 1.32 bits per heavy atom. The van der Waals surface area contributed by atoms with Gasteiger partial charge in [-0.15, -0.1) is 0 Å². The number of nitrogens with one attached hydrogen (secondary N) is 2. The van der Waals surface area contributed by atoms with E-state index >= 15 is 0 Å². The second kappa shape index (κ2) is 5.40. The monoisotopic (exact) mass is 257 g/mol. The zero-order valence-electron chi connectivity index (χ0n) is 11.1. The normalized spacial score (nSPS) is 18.7. The van der Waals surface area contributed by atoms with Gasteiger partial charge in [0.25, 0.3) is 0 Å². The third-order valence-corrected chi connectivity index (χ3v) is 3.61. The van der Waals surface area contributed by atoms with E-state index in [4.69, 9.17) is 0 Å². The molecule has 100 valence electrons. The molecule has 0 aliphatic carbocycles. The van der Waals surface area contributed by atoms with Crippen molar-refractivity contribution >= 4 is 5.95 Å². The predicted octanol–water partition coefficient (Wildman–Crippen LogP) is 1.52. The van der Waals surface area contributed by atoms with Gasteiger partial charge in [-0.05, 0) is 31.5 Å². The van der Waals surface area contributed by atoms with Crippen LogP contribution in [0.25, 0.3) is 11.1 Å². The topological polar surface area (TPSA) is 56.8 Å². The van der Waals surface area contributed by atoms with Crippen LogP contribution in [0.4, 0.5) is 5.95 Å². The molecule has 2 aromatic heterocycles. The second-order valence-corrected chi connectivity index (χ2v) is 5.11. The van der Waals surface area contributed by atoms with Gasteiger partial charge in [-0.2, -0.15) is 0 Å². The van der Waals surface area contributed by atoms with E-state index in [1.165, 1.54) is 6.42 Å². The van der Waals surface area contributed by atoms with Crippen molar-refractivity contribution in [1.82, 2.24) is 20.3 Å². The molecular formula is C14H19N5. The molecule has 1 unspecified atom stereocenters. The summed E-state index contributed by atoms with van der Waals surface area (Å²) in [7, 11) is 2.06. The Morgan fingerprint density at radius 3 is 2.79 bits per heavy atom. The van der Waals surface area contributed by atoms with Crippen LogP contribution >= 0.6 is 0 Å². The van der Waals surface area contributed by atoms with E-state index < -0.39 is 0 Å². The molecule has 1 fully saturated rings. The van der Waals surface area contributed by atoms with E-state index in [0.29, 0.717) is 5.92 Å². The highest BCUT2D eigenvalue weighted by Crippen LogP contribution is 2.18. The fourth-order valence-corrected chi connectivity index (χ4v) is 2.51. The molecule has 0 amide bonds. The zero-order chi connectivity index (χ0) is 13.1. The van der Waals surface area contributed by atoms with Crippen molar-refractivity contribution in [3.8, 4) is 11.1 Å². The number of H-pyrrole nitrogens is 1. The molecule has 0 saturated carbocycles. The second-order valence-electron chi connectivity index (χ2n) is 5.11. The summed E-state index contributed by atoms with van der Waals surface area (Å²) >= 11 is 0. The first-order chi connectivity index (χ1) is 9.33. The fraction of sp³-hybridized carbons (Fsp3) is 0.429. The van der Waals surface area contributed by atoms with Gasteiger partial charge >= 0.3 is 0 Å². The summed E-state index contributed by atoms with van der Waals surface area (Å²) in [5, 5.41) is 3.39. The highest BCUT2D eigenvalue weighted by molar-refractivity contribution is 5.60. The van der Waals surface area contributed by atoms with Crippen LogP contribution in [-0.4, -0.2) is 41.6 Å². The summed E-state index contributed by atoms with van der Waals surface area (Å²) in [5.41, 5.74) is 2.16. The zero-order valence-corrected chi connectivity index (χ0v) is 11.1. The standard InChI is InChI=1S/C14H19N5/c1-19(10-11-2-4-15-6-11)14-17-8-13(9-18-14)12-3-5-16-7-12/h3,5,7-9,11,15-16H,2,4,6,10H2,1H3. The minimum Gasteiger partial charge on any atom is -0.367 e. The predicted molar refractivity (Wildman–Crippen MR) is 76.1 cm³/mol. The molecular weight excluding hydrogens is 238 g/mol. The van der Waals surface area contributed by atoms with Crippen LogP contribution < -0.4 is 10.2 Å². The van der Waals surface area contributed by atoms with Gasteiger partial charge < -0.3 is 15.2 Å². The third kappa shape index (κ3) is 2.76. The molecule has 0 aromatic carbocycles. The van der Waals surface area contributed by atoms with Crippen LogP contribution in [0.5, 0.6) is 0 Å². The molecule has 19 heavy (non-hydrogen) atoms. The van der Waals surface area contributed by atoms with Crippen molar-refractivity contribution in [3.63, 3.8) is 0 Å². The molecule has 1 aliphatic heterocycles. The molecule has 3 rings (SSSR count). The number of hydrogen-bond donors (Lipinski definition) is 2. The van der Waals surface area contributed by atoms with Gasteiger partial charge in [-0.25, -0.2) is 9.97 Å². The van der Waals surface area contributed by atoms with Crippen molar-refractivity contribution in [1.29, 1.82) is 0 Å². The van der Waals surface area contributed by atoms with Crippen LogP contribution in [0.3, 0.4) is 0 Å². The number of rotatable bonds is 4. The van der Waals surface area contributed by atoms with Crippen LogP contribution in [0.1, 0.15) is 6.42 Å². The van der Waals surface area contributed by atoms with E-state index in [2.05, 4.69) is 32.2 Å². The van der Waals surface area contributed by atoms with Crippen molar-refractivity contribution in [3.05, 3.63) is 30.9 Å². The fourth-order valence-electron chi connectivity index (χ4n) is 2.51. The molecule has 0 radical (unpaired) electrons. The smallest absolute Gasteiger partial charge is 0.225 e. The number of hydrogen-bond acceptors (Lipinski definition) is 4. The average molecular weight is 257 g/mol. The Kier molecular flexibility index (Phi) is 3.46. The lowest BCUT2D eigenvalue weighted by atomic mass is 10.1. The van der Waals surface area contributed by atoms with E-state index in [1.807, 2.05) is 30.9 Å². The minimum atomic E-state index is 0.706. The Labute approximate surface area is 113 Å². The lowest BCUT2D eigenvalue weighted by Crippen LogP contribution is -2.28. The number of aromatic amines is 1. The summed E-state index contributed by atoms with van der Waals surface area (Å²) in [6.45, 7) is 3.24. The lowest BCUT2D eigenvalue weighted by molar-refractivity contribution is 0.573. The van der Waals surface area contributed by atoms with Crippen molar-refractivity contribution in [2.75, 3.05) is 31.6 Å². The largest absolute Gasteiger partial charge is 0.367 e. The molecule has 1 atom stereocenters. The number of aromatic nitrogens is 3. The summed E-state index contributed by atoms with van der Waals surface area (Å²) in [6.07, 6.45) is 8.87. The van der Waals surface area contributed by atoms with E-state index in [-0.39, 0.29) is 0 Å². The SMILES string of the molecule is CN(CC1CCNC1)c1ncc(-c2cc[nH]c2)cn1. The van der Waals surface area contributed by atoms with Crippen LogP contribution in [0.2, 0.25) is 0 Å². The van der Waals surface area contributed by atoms with Crippen molar-refractivity contribution in [2.45, 2.75) is 6.42 Å². The van der Waals surface area contributed by atoms with Gasteiger partial charge in [0, 0.05) is 49.5 Å². The highest BCUT2D eigenvalue weighted by atomic mass is 15.2. The molecule has 2 N–H and O–H groups in total. The molecule has 2 aromatic rings. The van der Waals surface area contributed by atoms with Crippen molar-refractivity contribution < 1.29 is 0 Å².